The molecule has 3 nitrogen and oxygen atoms in total. The molecule has 1 aromatic rings. The van der Waals surface area contributed by atoms with E-state index in [1.807, 2.05) is 6.92 Å². The third-order valence-corrected chi connectivity index (χ3v) is 3.83. The molecule has 1 aliphatic rings. The van der Waals surface area contributed by atoms with E-state index in [0.717, 1.165) is 6.42 Å². The number of amides is 1. The van der Waals surface area contributed by atoms with Gasteiger partial charge in [0.25, 0.3) is 5.91 Å². The molecule has 0 bridgehead atoms. The van der Waals surface area contributed by atoms with Gasteiger partial charge in [-0.3, -0.25) is 4.79 Å². The molecule has 0 saturated carbocycles. The number of hydrogen-bond acceptors (Lipinski definition) is 2. The number of nitrogens with zero attached hydrogens (tertiary/aromatic N) is 1. The summed E-state index contributed by atoms with van der Waals surface area (Å²) in [6.45, 7) is 2.68. The number of carbonyl (C=O) groups excluding carboxylic acids is 1. The number of benzene rings is 1. The number of hydrogen-bond donors (Lipinski definition) is 1. The first kappa shape index (κ1) is 14.8. The summed E-state index contributed by atoms with van der Waals surface area (Å²) < 4.78 is 40.1. The zero-order chi connectivity index (χ0) is 14.9. The SMILES string of the molecule is CCC1CN(C(=O)c2c(F)cc(F)cc2F)CCC1N. The molecule has 1 amide bonds. The number of halogens is 3. The Bertz CT molecular complexity index is 498. The molecule has 6 heteroatoms. The molecule has 1 aromatic carbocycles. The highest BCUT2D eigenvalue weighted by Gasteiger charge is 2.31. The molecular weight excluding hydrogens is 269 g/mol. The average Bonchev–Trinajstić information content (AvgIpc) is 2.37. The highest BCUT2D eigenvalue weighted by atomic mass is 19.1. The van der Waals surface area contributed by atoms with Gasteiger partial charge < -0.3 is 10.6 Å². The van der Waals surface area contributed by atoms with E-state index in [-0.39, 0.29) is 12.0 Å². The van der Waals surface area contributed by atoms with Crippen LogP contribution in [0.15, 0.2) is 12.1 Å². The second-order valence-electron chi connectivity index (χ2n) is 5.12. The van der Waals surface area contributed by atoms with E-state index in [9.17, 15) is 18.0 Å². The average molecular weight is 286 g/mol. The maximum atomic E-state index is 13.6. The topological polar surface area (TPSA) is 46.3 Å². The Kier molecular flexibility index (Phi) is 4.32. The van der Waals surface area contributed by atoms with Gasteiger partial charge in [-0.05, 0) is 12.3 Å². The van der Waals surface area contributed by atoms with Crippen molar-refractivity contribution in [2.24, 2.45) is 11.7 Å². The summed E-state index contributed by atoms with van der Waals surface area (Å²) >= 11 is 0. The van der Waals surface area contributed by atoms with Crippen molar-refractivity contribution in [2.75, 3.05) is 13.1 Å². The van der Waals surface area contributed by atoms with Crippen LogP contribution in [-0.4, -0.2) is 29.9 Å². The van der Waals surface area contributed by atoms with Gasteiger partial charge in [-0.25, -0.2) is 13.2 Å². The quantitative estimate of drug-likeness (QED) is 0.906. The summed E-state index contributed by atoms with van der Waals surface area (Å²) in [6, 6.07) is 1.03. The first-order chi connectivity index (χ1) is 9.43. The Balaban J connectivity index is 2.24. The van der Waals surface area contributed by atoms with Gasteiger partial charge in [-0.2, -0.15) is 0 Å². The Morgan fingerprint density at radius 1 is 1.35 bits per heavy atom. The lowest BCUT2D eigenvalue weighted by atomic mass is 9.90. The molecule has 1 aliphatic heterocycles. The number of piperidine rings is 1. The third-order valence-electron chi connectivity index (χ3n) is 3.83. The van der Waals surface area contributed by atoms with E-state index in [0.29, 0.717) is 31.6 Å². The fraction of sp³-hybridized carbons (Fsp3) is 0.500. The predicted octanol–water partition coefficient (Wildman–Crippen LogP) is 2.30. The molecule has 0 aromatic heterocycles. The number of likely N-dealkylation sites (tertiary alicyclic amines) is 1. The smallest absolute Gasteiger partial charge is 0.259 e. The van der Waals surface area contributed by atoms with Crippen LogP contribution in [0, 0.1) is 23.4 Å². The van der Waals surface area contributed by atoms with Gasteiger partial charge >= 0.3 is 0 Å². The van der Waals surface area contributed by atoms with Crippen molar-refractivity contribution >= 4 is 5.91 Å². The van der Waals surface area contributed by atoms with Crippen LogP contribution in [-0.2, 0) is 0 Å². The molecule has 0 spiro atoms. The van der Waals surface area contributed by atoms with E-state index >= 15 is 0 Å². The first-order valence-electron chi connectivity index (χ1n) is 6.63. The van der Waals surface area contributed by atoms with Crippen molar-refractivity contribution in [1.82, 2.24) is 4.90 Å². The molecule has 0 aliphatic carbocycles. The summed E-state index contributed by atoms with van der Waals surface area (Å²) in [6.07, 6.45) is 1.38. The Hall–Kier alpha value is -1.56. The standard InChI is InChI=1S/C14H17F3N2O/c1-2-8-7-19(4-3-12(8)18)14(20)13-10(16)5-9(15)6-11(13)17/h5-6,8,12H,2-4,7,18H2,1H3. The summed E-state index contributed by atoms with van der Waals surface area (Å²) in [5.41, 5.74) is 5.24. The fourth-order valence-electron chi connectivity index (χ4n) is 2.57. The van der Waals surface area contributed by atoms with E-state index in [4.69, 9.17) is 5.73 Å². The molecule has 1 heterocycles. The molecule has 1 saturated heterocycles. The Labute approximate surface area is 115 Å². The van der Waals surface area contributed by atoms with E-state index < -0.39 is 28.9 Å². The van der Waals surface area contributed by atoms with Crippen LogP contribution in [0.4, 0.5) is 13.2 Å². The summed E-state index contributed by atoms with van der Waals surface area (Å²) in [7, 11) is 0. The van der Waals surface area contributed by atoms with Crippen LogP contribution >= 0.6 is 0 Å². The molecule has 20 heavy (non-hydrogen) atoms. The van der Waals surface area contributed by atoms with Crippen molar-refractivity contribution in [1.29, 1.82) is 0 Å². The largest absolute Gasteiger partial charge is 0.338 e. The number of rotatable bonds is 2. The Morgan fingerprint density at radius 2 is 1.95 bits per heavy atom. The monoisotopic (exact) mass is 286 g/mol. The van der Waals surface area contributed by atoms with Gasteiger partial charge in [0.2, 0.25) is 0 Å². The molecule has 2 N–H and O–H groups in total. The molecule has 2 rings (SSSR count). The number of nitrogens with two attached hydrogens (primary N) is 1. The van der Waals surface area contributed by atoms with Crippen LogP contribution in [0.25, 0.3) is 0 Å². The lowest BCUT2D eigenvalue weighted by Crippen LogP contribution is -2.49. The third kappa shape index (κ3) is 2.80. The van der Waals surface area contributed by atoms with Gasteiger partial charge in [-0.15, -0.1) is 0 Å². The minimum Gasteiger partial charge on any atom is -0.338 e. The molecule has 2 atom stereocenters. The lowest BCUT2D eigenvalue weighted by Gasteiger charge is -2.36. The second kappa shape index (κ2) is 5.83. The second-order valence-corrected chi connectivity index (χ2v) is 5.12. The predicted molar refractivity (Wildman–Crippen MR) is 68.6 cm³/mol. The fourth-order valence-corrected chi connectivity index (χ4v) is 2.57. The Morgan fingerprint density at radius 3 is 2.50 bits per heavy atom. The maximum Gasteiger partial charge on any atom is 0.259 e. The summed E-state index contributed by atoms with van der Waals surface area (Å²) in [5.74, 6) is -4.01. The van der Waals surface area contributed by atoms with Crippen molar-refractivity contribution in [3.63, 3.8) is 0 Å². The van der Waals surface area contributed by atoms with Gasteiger partial charge in [0.15, 0.2) is 0 Å². The summed E-state index contributed by atoms with van der Waals surface area (Å²) in [4.78, 5) is 13.6. The van der Waals surface area contributed by atoms with Crippen molar-refractivity contribution < 1.29 is 18.0 Å². The molecular formula is C14H17F3N2O. The highest BCUT2D eigenvalue weighted by Crippen LogP contribution is 2.23. The lowest BCUT2D eigenvalue weighted by molar-refractivity contribution is 0.0639. The van der Waals surface area contributed by atoms with Crippen LogP contribution in [0.3, 0.4) is 0 Å². The first-order valence-corrected chi connectivity index (χ1v) is 6.63. The van der Waals surface area contributed by atoms with E-state index in [1.54, 1.807) is 0 Å². The van der Waals surface area contributed by atoms with Gasteiger partial charge in [-0.1, -0.05) is 13.3 Å². The zero-order valence-corrected chi connectivity index (χ0v) is 11.2. The van der Waals surface area contributed by atoms with Crippen molar-refractivity contribution in [2.45, 2.75) is 25.8 Å². The summed E-state index contributed by atoms with van der Waals surface area (Å²) in [5, 5.41) is 0. The van der Waals surface area contributed by atoms with Gasteiger partial charge in [0.05, 0.1) is 0 Å². The van der Waals surface area contributed by atoms with Crippen molar-refractivity contribution in [3.05, 3.63) is 35.1 Å². The zero-order valence-electron chi connectivity index (χ0n) is 11.2. The molecule has 0 radical (unpaired) electrons. The van der Waals surface area contributed by atoms with Crippen LogP contribution in [0.5, 0.6) is 0 Å². The van der Waals surface area contributed by atoms with Crippen molar-refractivity contribution in [3.8, 4) is 0 Å². The van der Waals surface area contributed by atoms with Gasteiger partial charge in [0, 0.05) is 31.3 Å². The van der Waals surface area contributed by atoms with E-state index in [2.05, 4.69) is 0 Å². The van der Waals surface area contributed by atoms with E-state index in [1.165, 1.54) is 4.90 Å². The van der Waals surface area contributed by atoms with Crippen LogP contribution < -0.4 is 5.73 Å². The van der Waals surface area contributed by atoms with Crippen LogP contribution in [0.1, 0.15) is 30.1 Å². The minimum absolute atomic E-state index is 0.00744. The molecule has 110 valence electrons. The maximum absolute atomic E-state index is 13.6. The minimum atomic E-state index is -1.17. The highest BCUT2D eigenvalue weighted by molar-refractivity contribution is 5.94. The van der Waals surface area contributed by atoms with Crippen LogP contribution in [0.2, 0.25) is 0 Å². The molecule has 1 fully saturated rings. The van der Waals surface area contributed by atoms with Gasteiger partial charge in [0.1, 0.15) is 23.0 Å². The number of carbonyl (C=O) groups is 1. The normalized spacial score (nSPS) is 22.9. The molecule has 2 unspecified atom stereocenters.